The average Bonchev–Trinajstić information content (AvgIpc) is 2.98. The highest BCUT2D eigenvalue weighted by molar-refractivity contribution is 14.1. The number of nitrogens with one attached hydrogen (secondary N) is 1. The summed E-state index contributed by atoms with van der Waals surface area (Å²) in [6.07, 6.45) is 3.66. The van der Waals surface area contributed by atoms with E-state index in [-0.39, 0.29) is 17.6 Å². The van der Waals surface area contributed by atoms with Crippen molar-refractivity contribution in [3.63, 3.8) is 0 Å². The third kappa shape index (κ3) is 5.96. The number of thiophene rings is 1. The normalized spacial score (nSPS) is 17.1. The van der Waals surface area contributed by atoms with Crippen LogP contribution in [0.5, 0.6) is 0 Å². The SMILES string of the molecule is CCCCS(=O)(=O)N1CCC(C(=O)NCCc2ccc(I)s2)CC1. The molecule has 1 aromatic rings. The van der Waals surface area contributed by atoms with Crippen LogP contribution < -0.4 is 5.32 Å². The van der Waals surface area contributed by atoms with E-state index >= 15 is 0 Å². The van der Waals surface area contributed by atoms with Crippen LogP contribution in [0.2, 0.25) is 0 Å². The van der Waals surface area contributed by atoms with E-state index < -0.39 is 10.0 Å². The molecule has 136 valence electrons. The molecule has 1 aliphatic rings. The number of unbranched alkanes of at least 4 members (excludes halogenated alkanes) is 1. The Hall–Kier alpha value is -0.190. The lowest BCUT2D eigenvalue weighted by molar-refractivity contribution is -0.126. The Balaban J connectivity index is 1.72. The van der Waals surface area contributed by atoms with E-state index in [0.717, 1.165) is 12.8 Å². The molecule has 0 radical (unpaired) electrons. The Kier molecular flexibility index (Phi) is 7.96. The molecule has 8 heteroatoms. The highest BCUT2D eigenvalue weighted by Gasteiger charge is 2.30. The van der Waals surface area contributed by atoms with Crippen molar-refractivity contribution in [2.45, 2.75) is 39.0 Å². The maximum Gasteiger partial charge on any atom is 0.223 e. The molecule has 0 saturated carbocycles. The van der Waals surface area contributed by atoms with Gasteiger partial charge >= 0.3 is 0 Å². The van der Waals surface area contributed by atoms with E-state index in [2.05, 4.69) is 40.0 Å². The predicted molar refractivity (Wildman–Crippen MR) is 107 cm³/mol. The number of sulfonamides is 1. The van der Waals surface area contributed by atoms with E-state index in [1.165, 1.54) is 7.76 Å². The fraction of sp³-hybridized carbons (Fsp3) is 0.688. The van der Waals surface area contributed by atoms with Crippen molar-refractivity contribution in [2.75, 3.05) is 25.4 Å². The summed E-state index contributed by atoms with van der Waals surface area (Å²) >= 11 is 4.04. The third-order valence-corrected chi connectivity index (χ3v) is 8.18. The minimum absolute atomic E-state index is 0.0619. The van der Waals surface area contributed by atoms with Crippen LogP contribution in [0.1, 0.15) is 37.5 Å². The highest BCUT2D eigenvalue weighted by atomic mass is 127. The molecule has 1 fully saturated rings. The Morgan fingerprint density at radius 3 is 2.67 bits per heavy atom. The first-order valence-electron chi connectivity index (χ1n) is 8.42. The van der Waals surface area contributed by atoms with Crippen LogP contribution in [0.25, 0.3) is 0 Å². The van der Waals surface area contributed by atoms with Gasteiger partial charge in [-0.1, -0.05) is 13.3 Å². The van der Waals surface area contributed by atoms with E-state index in [1.54, 1.807) is 15.6 Å². The minimum Gasteiger partial charge on any atom is -0.355 e. The van der Waals surface area contributed by atoms with Gasteiger partial charge in [-0.25, -0.2) is 12.7 Å². The van der Waals surface area contributed by atoms with Crippen LogP contribution in [-0.4, -0.2) is 44.0 Å². The van der Waals surface area contributed by atoms with E-state index in [1.807, 2.05) is 6.92 Å². The second-order valence-electron chi connectivity index (χ2n) is 6.09. The molecule has 0 atom stereocenters. The number of hydrogen-bond donors (Lipinski definition) is 1. The van der Waals surface area contributed by atoms with Crippen molar-refractivity contribution >= 4 is 49.9 Å². The van der Waals surface area contributed by atoms with Gasteiger partial charge in [0.25, 0.3) is 0 Å². The van der Waals surface area contributed by atoms with Crippen molar-refractivity contribution in [3.05, 3.63) is 19.9 Å². The lowest BCUT2D eigenvalue weighted by Crippen LogP contribution is -2.44. The van der Waals surface area contributed by atoms with Crippen LogP contribution in [-0.2, 0) is 21.2 Å². The molecule has 5 nitrogen and oxygen atoms in total. The summed E-state index contributed by atoms with van der Waals surface area (Å²) in [5.74, 6) is 0.220. The van der Waals surface area contributed by atoms with Gasteiger partial charge in [-0.2, -0.15) is 0 Å². The van der Waals surface area contributed by atoms with Crippen LogP contribution in [0.3, 0.4) is 0 Å². The largest absolute Gasteiger partial charge is 0.355 e. The topological polar surface area (TPSA) is 66.5 Å². The lowest BCUT2D eigenvalue weighted by Gasteiger charge is -2.30. The quantitative estimate of drug-likeness (QED) is 0.578. The highest BCUT2D eigenvalue weighted by Crippen LogP contribution is 2.21. The zero-order valence-electron chi connectivity index (χ0n) is 14.0. The molecule has 1 aliphatic heterocycles. The molecule has 1 saturated heterocycles. The van der Waals surface area contributed by atoms with Gasteiger partial charge in [0.1, 0.15) is 0 Å². The first-order chi connectivity index (χ1) is 11.4. The molecular weight excluding hydrogens is 459 g/mol. The van der Waals surface area contributed by atoms with Crippen molar-refractivity contribution in [3.8, 4) is 0 Å². The second kappa shape index (κ2) is 9.49. The third-order valence-electron chi connectivity index (χ3n) is 4.27. The molecule has 24 heavy (non-hydrogen) atoms. The number of nitrogens with zero attached hydrogens (tertiary/aromatic N) is 1. The predicted octanol–water partition coefficient (Wildman–Crippen LogP) is 2.85. The first-order valence-corrected chi connectivity index (χ1v) is 11.9. The van der Waals surface area contributed by atoms with Crippen molar-refractivity contribution in [2.24, 2.45) is 5.92 Å². The number of piperidine rings is 1. The summed E-state index contributed by atoms with van der Waals surface area (Å²) < 4.78 is 27.2. The molecule has 0 aliphatic carbocycles. The van der Waals surface area contributed by atoms with Gasteiger partial charge in [0.2, 0.25) is 15.9 Å². The molecule has 0 spiro atoms. The zero-order valence-corrected chi connectivity index (χ0v) is 17.8. The lowest BCUT2D eigenvalue weighted by atomic mass is 9.97. The van der Waals surface area contributed by atoms with Gasteiger partial charge in [-0.05, 0) is 60.4 Å². The summed E-state index contributed by atoms with van der Waals surface area (Å²) in [4.78, 5) is 13.5. The van der Waals surface area contributed by atoms with E-state index in [4.69, 9.17) is 0 Å². The average molecular weight is 484 g/mol. The van der Waals surface area contributed by atoms with Crippen LogP contribution >= 0.6 is 33.9 Å². The van der Waals surface area contributed by atoms with E-state index in [0.29, 0.717) is 38.9 Å². The molecule has 2 heterocycles. The molecule has 0 unspecified atom stereocenters. The molecule has 1 N–H and O–H groups in total. The monoisotopic (exact) mass is 484 g/mol. The standard InChI is InChI=1S/C16H25IN2O3S2/c1-2-3-12-24(21,22)19-10-7-13(8-11-19)16(20)18-9-6-14-4-5-15(17)23-14/h4-5,13H,2-3,6-12H2,1H3,(H,18,20). The van der Waals surface area contributed by atoms with E-state index in [9.17, 15) is 13.2 Å². The van der Waals surface area contributed by atoms with Gasteiger partial charge in [-0.3, -0.25) is 4.79 Å². The fourth-order valence-electron chi connectivity index (χ4n) is 2.79. The molecule has 2 rings (SSSR count). The zero-order chi connectivity index (χ0) is 17.6. The molecule has 0 bridgehead atoms. The summed E-state index contributed by atoms with van der Waals surface area (Å²) in [7, 11) is -3.14. The molecule has 0 aromatic carbocycles. The maximum atomic E-state index is 12.2. The number of amides is 1. The molecular formula is C16H25IN2O3S2. The summed E-state index contributed by atoms with van der Waals surface area (Å²) in [6.45, 7) is 3.56. The summed E-state index contributed by atoms with van der Waals surface area (Å²) in [6, 6.07) is 4.18. The summed E-state index contributed by atoms with van der Waals surface area (Å²) in [5.41, 5.74) is 0. The fourth-order valence-corrected chi connectivity index (χ4v) is 6.23. The number of hydrogen-bond acceptors (Lipinski definition) is 4. The van der Waals surface area contributed by atoms with Gasteiger partial charge < -0.3 is 5.32 Å². The number of carbonyl (C=O) groups is 1. The van der Waals surface area contributed by atoms with Gasteiger partial charge in [0.05, 0.1) is 8.64 Å². The van der Waals surface area contributed by atoms with Crippen molar-refractivity contribution < 1.29 is 13.2 Å². The Morgan fingerprint density at radius 2 is 2.08 bits per heavy atom. The number of carbonyl (C=O) groups excluding carboxylic acids is 1. The summed E-state index contributed by atoms with van der Waals surface area (Å²) in [5, 5.41) is 3.00. The first kappa shape index (κ1) is 20.1. The van der Waals surface area contributed by atoms with Crippen LogP contribution in [0.4, 0.5) is 0 Å². The Morgan fingerprint density at radius 1 is 1.38 bits per heavy atom. The number of rotatable bonds is 8. The van der Waals surface area contributed by atoms with Gasteiger partial charge in [0.15, 0.2) is 0 Å². The molecule has 1 amide bonds. The van der Waals surface area contributed by atoms with Crippen LogP contribution in [0.15, 0.2) is 12.1 Å². The smallest absolute Gasteiger partial charge is 0.223 e. The van der Waals surface area contributed by atoms with Crippen LogP contribution in [0, 0.1) is 8.80 Å². The Bertz CT molecular complexity index is 638. The number of halogens is 1. The maximum absolute atomic E-state index is 12.2. The van der Waals surface area contributed by atoms with Crippen molar-refractivity contribution in [1.82, 2.24) is 9.62 Å². The Labute approximate surface area is 162 Å². The van der Waals surface area contributed by atoms with Crippen molar-refractivity contribution in [1.29, 1.82) is 0 Å². The minimum atomic E-state index is -3.14. The van der Waals surface area contributed by atoms with Gasteiger partial charge in [-0.15, -0.1) is 11.3 Å². The second-order valence-corrected chi connectivity index (χ2v) is 11.2. The van der Waals surface area contributed by atoms with Gasteiger partial charge in [0, 0.05) is 30.4 Å². The molecule has 1 aromatic heterocycles.